The SMILES string of the molecule is CC(C)N1CC[C@H](CO)c2cc(-c3cnn(C)c3)ccc21. The third kappa shape index (κ3) is 2.56. The highest BCUT2D eigenvalue weighted by atomic mass is 16.3. The van der Waals surface area contributed by atoms with Crippen molar-refractivity contribution in [1.82, 2.24) is 9.78 Å². The van der Waals surface area contributed by atoms with Crippen LogP contribution in [0.5, 0.6) is 0 Å². The number of hydrogen-bond acceptors (Lipinski definition) is 3. The third-order valence-electron chi connectivity index (χ3n) is 4.38. The summed E-state index contributed by atoms with van der Waals surface area (Å²) in [5.41, 5.74) is 4.83. The number of hydrogen-bond donors (Lipinski definition) is 1. The maximum atomic E-state index is 9.69. The number of aromatic nitrogens is 2. The van der Waals surface area contributed by atoms with Crippen LogP contribution in [0.15, 0.2) is 30.6 Å². The standard InChI is InChI=1S/C17H23N3O/c1-12(2)20-7-6-14(11-21)16-8-13(4-5-17(16)20)15-9-18-19(3)10-15/h4-5,8-10,12,14,21H,6-7,11H2,1-3H3/t14-/m1/s1. The predicted octanol–water partition coefficient (Wildman–Crippen LogP) is 2.78. The van der Waals surface area contributed by atoms with Crippen LogP contribution in [0.1, 0.15) is 31.7 Å². The van der Waals surface area contributed by atoms with E-state index >= 15 is 0 Å². The molecule has 112 valence electrons. The van der Waals surface area contributed by atoms with Crippen LogP contribution in [0.25, 0.3) is 11.1 Å². The first kappa shape index (κ1) is 14.1. The fourth-order valence-corrected chi connectivity index (χ4v) is 3.19. The minimum absolute atomic E-state index is 0.218. The van der Waals surface area contributed by atoms with Gasteiger partial charge < -0.3 is 10.0 Å². The lowest BCUT2D eigenvalue weighted by Gasteiger charge is -2.38. The zero-order valence-electron chi connectivity index (χ0n) is 13.0. The van der Waals surface area contributed by atoms with Crippen molar-refractivity contribution >= 4 is 5.69 Å². The average molecular weight is 285 g/mol. The van der Waals surface area contributed by atoms with Crippen molar-refractivity contribution in [2.24, 2.45) is 7.05 Å². The van der Waals surface area contributed by atoms with Gasteiger partial charge in [0.25, 0.3) is 0 Å². The summed E-state index contributed by atoms with van der Waals surface area (Å²) in [6.07, 6.45) is 4.93. The van der Waals surface area contributed by atoms with Crippen LogP contribution in [0, 0.1) is 0 Å². The molecule has 4 nitrogen and oxygen atoms in total. The summed E-state index contributed by atoms with van der Waals surface area (Å²) in [7, 11) is 1.93. The molecule has 2 heterocycles. The van der Waals surface area contributed by atoms with Gasteiger partial charge >= 0.3 is 0 Å². The second-order valence-electron chi connectivity index (χ2n) is 6.13. The zero-order valence-corrected chi connectivity index (χ0v) is 13.0. The van der Waals surface area contributed by atoms with Crippen molar-refractivity contribution in [2.45, 2.75) is 32.2 Å². The van der Waals surface area contributed by atoms with Gasteiger partial charge in [-0.05, 0) is 43.5 Å². The van der Waals surface area contributed by atoms with E-state index in [0.29, 0.717) is 6.04 Å². The quantitative estimate of drug-likeness (QED) is 0.943. The molecule has 0 fully saturated rings. The van der Waals surface area contributed by atoms with Crippen molar-refractivity contribution in [3.05, 3.63) is 36.2 Å². The molecule has 1 aliphatic rings. The van der Waals surface area contributed by atoms with Gasteiger partial charge in [0.1, 0.15) is 0 Å². The molecule has 1 aromatic carbocycles. The van der Waals surface area contributed by atoms with Gasteiger partial charge in [0.2, 0.25) is 0 Å². The van der Waals surface area contributed by atoms with Crippen LogP contribution in [0.4, 0.5) is 5.69 Å². The molecule has 0 bridgehead atoms. The van der Waals surface area contributed by atoms with E-state index in [1.807, 2.05) is 24.1 Å². The van der Waals surface area contributed by atoms with Gasteiger partial charge in [-0.2, -0.15) is 5.10 Å². The summed E-state index contributed by atoms with van der Waals surface area (Å²) in [5, 5.41) is 13.9. The summed E-state index contributed by atoms with van der Waals surface area (Å²) in [4.78, 5) is 2.43. The van der Waals surface area contributed by atoms with E-state index in [-0.39, 0.29) is 12.5 Å². The molecule has 0 radical (unpaired) electrons. The van der Waals surface area contributed by atoms with Gasteiger partial charge in [-0.3, -0.25) is 4.68 Å². The second-order valence-corrected chi connectivity index (χ2v) is 6.13. The normalized spacial score (nSPS) is 18.1. The van der Waals surface area contributed by atoms with Crippen LogP contribution in [-0.2, 0) is 7.05 Å². The minimum Gasteiger partial charge on any atom is -0.396 e. The molecule has 0 saturated carbocycles. The molecule has 21 heavy (non-hydrogen) atoms. The van der Waals surface area contributed by atoms with Crippen molar-refractivity contribution in [3.8, 4) is 11.1 Å². The van der Waals surface area contributed by atoms with Gasteiger partial charge in [-0.15, -0.1) is 0 Å². The van der Waals surface area contributed by atoms with Gasteiger partial charge in [0, 0.05) is 43.0 Å². The molecular weight excluding hydrogens is 262 g/mol. The molecule has 0 saturated heterocycles. The number of benzene rings is 1. The summed E-state index contributed by atoms with van der Waals surface area (Å²) < 4.78 is 1.82. The molecule has 4 heteroatoms. The van der Waals surface area contributed by atoms with E-state index < -0.39 is 0 Å². The molecule has 0 unspecified atom stereocenters. The highest BCUT2D eigenvalue weighted by molar-refractivity contribution is 5.69. The van der Waals surface area contributed by atoms with Crippen molar-refractivity contribution in [3.63, 3.8) is 0 Å². The van der Waals surface area contributed by atoms with Crippen LogP contribution in [-0.4, -0.2) is 34.1 Å². The second kappa shape index (κ2) is 5.53. The van der Waals surface area contributed by atoms with E-state index in [2.05, 4.69) is 42.0 Å². The maximum absolute atomic E-state index is 9.69. The molecular formula is C17H23N3O. The number of aliphatic hydroxyl groups excluding tert-OH is 1. The lowest BCUT2D eigenvalue weighted by atomic mass is 9.88. The van der Waals surface area contributed by atoms with Gasteiger partial charge in [-0.25, -0.2) is 0 Å². The number of aliphatic hydroxyl groups is 1. The Morgan fingerprint density at radius 2 is 2.14 bits per heavy atom. The Bertz CT molecular complexity index is 633. The van der Waals surface area contributed by atoms with E-state index in [1.54, 1.807) is 0 Å². The van der Waals surface area contributed by atoms with E-state index in [1.165, 1.54) is 16.8 Å². The molecule has 1 atom stereocenters. The van der Waals surface area contributed by atoms with Gasteiger partial charge in [0.15, 0.2) is 0 Å². The largest absolute Gasteiger partial charge is 0.396 e. The average Bonchev–Trinajstić information content (AvgIpc) is 2.91. The minimum atomic E-state index is 0.218. The summed E-state index contributed by atoms with van der Waals surface area (Å²) in [5.74, 6) is 0.242. The molecule has 0 spiro atoms. The first-order valence-corrected chi connectivity index (χ1v) is 7.60. The third-order valence-corrected chi connectivity index (χ3v) is 4.38. The summed E-state index contributed by atoms with van der Waals surface area (Å²) >= 11 is 0. The first-order valence-electron chi connectivity index (χ1n) is 7.60. The van der Waals surface area contributed by atoms with E-state index in [4.69, 9.17) is 0 Å². The lowest BCUT2D eigenvalue weighted by Crippen LogP contribution is -2.37. The molecule has 0 aliphatic carbocycles. The fraction of sp³-hybridized carbons (Fsp3) is 0.471. The van der Waals surface area contributed by atoms with Gasteiger partial charge in [-0.1, -0.05) is 6.07 Å². The Balaban J connectivity index is 2.05. The topological polar surface area (TPSA) is 41.3 Å². The number of nitrogens with zero attached hydrogens (tertiary/aromatic N) is 3. The van der Waals surface area contributed by atoms with E-state index in [9.17, 15) is 5.11 Å². The summed E-state index contributed by atoms with van der Waals surface area (Å²) in [6, 6.07) is 7.05. The number of anilines is 1. The number of rotatable bonds is 3. The monoisotopic (exact) mass is 285 g/mol. The zero-order chi connectivity index (χ0) is 15.0. The molecule has 1 N–H and O–H groups in total. The highest BCUT2D eigenvalue weighted by Gasteiger charge is 2.26. The van der Waals surface area contributed by atoms with Crippen LogP contribution >= 0.6 is 0 Å². The number of fused-ring (bicyclic) bond motifs is 1. The van der Waals surface area contributed by atoms with Crippen LogP contribution < -0.4 is 4.90 Å². The molecule has 2 aromatic rings. The maximum Gasteiger partial charge on any atom is 0.0568 e. The molecule has 1 aliphatic heterocycles. The molecule has 1 aromatic heterocycles. The van der Waals surface area contributed by atoms with Crippen molar-refractivity contribution in [1.29, 1.82) is 0 Å². The van der Waals surface area contributed by atoms with Crippen LogP contribution in [0.2, 0.25) is 0 Å². The Morgan fingerprint density at radius 3 is 2.76 bits per heavy atom. The fourth-order valence-electron chi connectivity index (χ4n) is 3.19. The lowest BCUT2D eigenvalue weighted by molar-refractivity contribution is 0.256. The van der Waals surface area contributed by atoms with Gasteiger partial charge in [0.05, 0.1) is 12.8 Å². The first-order chi connectivity index (χ1) is 10.1. The van der Waals surface area contributed by atoms with Crippen LogP contribution in [0.3, 0.4) is 0 Å². The van der Waals surface area contributed by atoms with Crippen molar-refractivity contribution in [2.75, 3.05) is 18.1 Å². The highest BCUT2D eigenvalue weighted by Crippen LogP contribution is 2.38. The van der Waals surface area contributed by atoms with Crippen molar-refractivity contribution < 1.29 is 5.11 Å². The predicted molar refractivity (Wildman–Crippen MR) is 85.6 cm³/mol. The summed E-state index contributed by atoms with van der Waals surface area (Å²) in [6.45, 7) is 5.67. The van der Waals surface area contributed by atoms with E-state index in [0.717, 1.165) is 18.5 Å². The Morgan fingerprint density at radius 1 is 1.33 bits per heavy atom. The number of aryl methyl sites for hydroxylation is 1. The Hall–Kier alpha value is -1.81. The molecule has 0 amide bonds. The smallest absolute Gasteiger partial charge is 0.0568 e. The molecule has 3 rings (SSSR count). The Labute approximate surface area is 126 Å². The Kier molecular flexibility index (Phi) is 3.72.